The Bertz CT molecular complexity index is 879. The first-order valence-electron chi connectivity index (χ1n) is 7.51. The number of pyridine rings is 1. The van der Waals surface area contributed by atoms with Gasteiger partial charge in [-0.25, -0.2) is 4.98 Å². The van der Waals surface area contributed by atoms with Crippen molar-refractivity contribution in [1.29, 1.82) is 0 Å². The normalized spacial score (nSPS) is 14.9. The molecule has 4 nitrogen and oxygen atoms in total. The molecular formula is C18H18N3O. The number of aromatic nitrogens is 1. The minimum Gasteiger partial charge on any atom is -0.435 e. The fraction of sp³-hybridized carbons (Fsp3) is 0.222. The minimum atomic E-state index is 0.429. The van der Waals surface area contributed by atoms with E-state index in [1.165, 1.54) is 5.56 Å². The van der Waals surface area contributed by atoms with Crippen molar-refractivity contribution >= 4 is 27.8 Å². The van der Waals surface area contributed by atoms with Crippen molar-refractivity contribution in [2.24, 2.45) is 0 Å². The Kier molecular flexibility index (Phi) is 2.86. The van der Waals surface area contributed by atoms with Gasteiger partial charge in [0.1, 0.15) is 6.67 Å². The number of nitrogens with zero attached hydrogens (tertiary/aromatic N) is 3. The van der Waals surface area contributed by atoms with Crippen molar-refractivity contribution in [3.63, 3.8) is 0 Å². The first-order chi connectivity index (χ1) is 10.6. The summed E-state index contributed by atoms with van der Waals surface area (Å²) in [5, 5.41) is 2.16. The summed E-state index contributed by atoms with van der Waals surface area (Å²) >= 11 is 0. The van der Waals surface area contributed by atoms with E-state index in [4.69, 9.17) is 4.42 Å². The maximum absolute atomic E-state index is 6.05. The van der Waals surface area contributed by atoms with Gasteiger partial charge in [0.25, 0.3) is 0 Å². The third-order valence-electron chi connectivity index (χ3n) is 4.10. The van der Waals surface area contributed by atoms with Crippen LogP contribution in [0.4, 0.5) is 5.69 Å². The van der Waals surface area contributed by atoms with Crippen LogP contribution < -0.4 is 4.90 Å². The maximum Gasteiger partial charge on any atom is 0.227 e. The molecule has 3 aromatic rings. The average molecular weight is 292 g/mol. The van der Waals surface area contributed by atoms with E-state index >= 15 is 0 Å². The van der Waals surface area contributed by atoms with Gasteiger partial charge in [-0.15, -0.1) is 0 Å². The summed E-state index contributed by atoms with van der Waals surface area (Å²) in [5.74, 6) is 0. The summed E-state index contributed by atoms with van der Waals surface area (Å²) in [6.07, 6.45) is 5.92. The zero-order valence-corrected chi connectivity index (χ0v) is 12.9. The summed E-state index contributed by atoms with van der Waals surface area (Å²) in [5.41, 5.74) is 3.83. The minimum absolute atomic E-state index is 0.429. The van der Waals surface area contributed by atoms with E-state index in [1.54, 1.807) is 6.20 Å². The van der Waals surface area contributed by atoms with Crippen LogP contribution >= 0.6 is 0 Å². The van der Waals surface area contributed by atoms with E-state index < -0.39 is 0 Å². The Balaban J connectivity index is 1.90. The first kappa shape index (κ1) is 13.2. The second-order valence-electron chi connectivity index (χ2n) is 5.93. The predicted molar refractivity (Wildman–Crippen MR) is 89.1 cm³/mol. The molecule has 2 aromatic heterocycles. The first-order valence-corrected chi connectivity index (χ1v) is 7.51. The lowest BCUT2D eigenvalue weighted by atomic mass is 10.1. The van der Waals surface area contributed by atoms with Gasteiger partial charge >= 0.3 is 0 Å². The van der Waals surface area contributed by atoms with Crippen LogP contribution in [0.25, 0.3) is 22.1 Å². The SMILES string of the molecule is Cc1ccc2c(oc3ncccc32)c1N1[CH]N(C(C)C)C=C1. The third kappa shape index (κ3) is 1.87. The smallest absolute Gasteiger partial charge is 0.227 e. The lowest BCUT2D eigenvalue weighted by molar-refractivity contribution is 0.387. The van der Waals surface area contributed by atoms with Crippen LogP contribution in [0.5, 0.6) is 0 Å². The molecular weight excluding hydrogens is 274 g/mol. The van der Waals surface area contributed by atoms with Crippen LogP contribution in [-0.2, 0) is 0 Å². The molecule has 0 saturated heterocycles. The van der Waals surface area contributed by atoms with Crippen molar-refractivity contribution in [3.05, 3.63) is 55.1 Å². The molecule has 0 aliphatic carbocycles. The number of anilines is 1. The molecule has 1 aromatic carbocycles. The van der Waals surface area contributed by atoms with E-state index in [0.717, 1.165) is 22.0 Å². The Morgan fingerprint density at radius 1 is 1.09 bits per heavy atom. The van der Waals surface area contributed by atoms with Crippen molar-refractivity contribution in [1.82, 2.24) is 9.88 Å². The van der Waals surface area contributed by atoms with Crippen LogP contribution in [0.2, 0.25) is 0 Å². The molecule has 0 unspecified atom stereocenters. The zero-order valence-electron chi connectivity index (χ0n) is 12.9. The second kappa shape index (κ2) is 4.77. The molecule has 1 aliphatic heterocycles. The van der Waals surface area contributed by atoms with Crippen molar-refractivity contribution in [3.8, 4) is 0 Å². The van der Waals surface area contributed by atoms with E-state index in [9.17, 15) is 0 Å². The molecule has 4 heteroatoms. The monoisotopic (exact) mass is 292 g/mol. The molecule has 0 N–H and O–H groups in total. The van der Waals surface area contributed by atoms with Gasteiger partial charge in [-0.1, -0.05) is 12.1 Å². The Hall–Kier alpha value is -2.49. The fourth-order valence-electron chi connectivity index (χ4n) is 2.89. The molecule has 3 heterocycles. The van der Waals surface area contributed by atoms with Crippen LogP contribution in [0.1, 0.15) is 19.4 Å². The maximum atomic E-state index is 6.05. The van der Waals surface area contributed by atoms with Gasteiger partial charge < -0.3 is 14.2 Å². The lowest BCUT2D eigenvalue weighted by Crippen LogP contribution is -2.25. The van der Waals surface area contributed by atoms with Gasteiger partial charge in [-0.2, -0.15) is 0 Å². The number of rotatable bonds is 2. The van der Waals surface area contributed by atoms with E-state index in [1.807, 2.05) is 6.07 Å². The van der Waals surface area contributed by atoms with Crippen LogP contribution in [-0.4, -0.2) is 15.9 Å². The molecule has 0 bridgehead atoms. The molecule has 0 saturated carbocycles. The summed E-state index contributed by atoms with van der Waals surface area (Å²) in [6.45, 7) is 8.55. The van der Waals surface area contributed by atoms with Gasteiger partial charge in [0, 0.05) is 35.4 Å². The quantitative estimate of drug-likeness (QED) is 0.700. The molecule has 0 amide bonds. The van der Waals surface area contributed by atoms with Crippen molar-refractivity contribution in [2.45, 2.75) is 26.8 Å². The largest absolute Gasteiger partial charge is 0.435 e. The summed E-state index contributed by atoms with van der Waals surface area (Å²) in [6, 6.07) is 8.68. The standard InChI is InChI=1S/C18H18N3O/c1-12(2)20-9-10-21(11-20)16-13(3)6-7-14-15-5-4-8-19-18(15)22-17(14)16/h4-12H,1-3H3. The molecule has 111 valence electrons. The Morgan fingerprint density at radius 2 is 1.95 bits per heavy atom. The lowest BCUT2D eigenvalue weighted by Gasteiger charge is -2.24. The third-order valence-corrected chi connectivity index (χ3v) is 4.10. The molecule has 4 rings (SSSR count). The summed E-state index contributed by atoms with van der Waals surface area (Å²) in [7, 11) is 0. The number of furan rings is 1. The molecule has 1 radical (unpaired) electrons. The van der Waals surface area contributed by atoms with Gasteiger partial charge in [0.15, 0.2) is 5.58 Å². The van der Waals surface area contributed by atoms with Crippen LogP contribution in [0.15, 0.2) is 47.3 Å². The zero-order chi connectivity index (χ0) is 15.3. The molecule has 1 aliphatic rings. The number of benzene rings is 1. The number of aryl methyl sites for hydroxylation is 1. The Morgan fingerprint density at radius 3 is 2.73 bits per heavy atom. The number of hydrogen-bond acceptors (Lipinski definition) is 4. The van der Waals surface area contributed by atoms with E-state index in [0.29, 0.717) is 11.8 Å². The highest BCUT2D eigenvalue weighted by Crippen LogP contribution is 2.38. The molecule has 22 heavy (non-hydrogen) atoms. The molecule has 0 fully saturated rings. The number of fused-ring (bicyclic) bond motifs is 3. The topological polar surface area (TPSA) is 32.5 Å². The van der Waals surface area contributed by atoms with E-state index in [2.05, 4.69) is 72.8 Å². The van der Waals surface area contributed by atoms with Crippen molar-refractivity contribution in [2.75, 3.05) is 4.90 Å². The fourth-order valence-corrected chi connectivity index (χ4v) is 2.89. The van der Waals surface area contributed by atoms with Crippen molar-refractivity contribution < 1.29 is 4.42 Å². The summed E-state index contributed by atoms with van der Waals surface area (Å²) in [4.78, 5) is 8.64. The molecule has 0 atom stereocenters. The second-order valence-corrected chi connectivity index (χ2v) is 5.93. The average Bonchev–Trinajstić information content (AvgIpc) is 3.11. The highest BCUT2D eigenvalue weighted by molar-refractivity contribution is 6.08. The predicted octanol–water partition coefficient (Wildman–Crippen LogP) is 4.41. The van der Waals surface area contributed by atoms with Gasteiger partial charge in [-0.3, -0.25) is 0 Å². The van der Waals surface area contributed by atoms with Gasteiger partial charge in [-0.05, 0) is 38.5 Å². The van der Waals surface area contributed by atoms with Gasteiger partial charge in [0.05, 0.1) is 5.69 Å². The highest BCUT2D eigenvalue weighted by atomic mass is 16.3. The highest BCUT2D eigenvalue weighted by Gasteiger charge is 2.23. The van der Waals surface area contributed by atoms with Crippen LogP contribution in [0.3, 0.4) is 0 Å². The summed E-state index contributed by atoms with van der Waals surface area (Å²) < 4.78 is 6.05. The van der Waals surface area contributed by atoms with Gasteiger partial charge in [0.2, 0.25) is 5.71 Å². The van der Waals surface area contributed by atoms with Crippen LogP contribution in [0, 0.1) is 13.6 Å². The van der Waals surface area contributed by atoms with E-state index in [-0.39, 0.29) is 0 Å². The Labute approximate surface area is 129 Å². The number of hydrogen-bond donors (Lipinski definition) is 0. The molecule has 0 spiro atoms.